The molecule has 1 fully saturated rings. The Kier molecular flexibility index (Phi) is 5.18. The molecule has 1 aliphatic carbocycles. The first kappa shape index (κ1) is 21.3. The highest BCUT2D eigenvalue weighted by molar-refractivity contribution is 7.70. The molecule has 0 bridgehead atoms. The molecular weight excluding hydrogens is 417 g/mol. The van der Waals surface area contributed by atoms with Gasteiger partial charge in [0.05, 0.1) is 22.2 Å². The molecule has 2 atom stereocenters. The maximum atomic E-state index is 13.4. The first-order valence-electron chi connectivity index (χ1n) is 10.3. The molecule has 30 heavy (non-hydrogen) atoms. The van der Waals surface area contributed by atoms with E-state index in [0.29, 0.717) is 21.9 Å². The van der Waals surface area contributed by atoms with Crippen molar-refractivity contribution in [3.05, 3.63) is 29.0 Å². The van der Waals surface area contributed by atoms with E-state index in [1.807, 2.05) is 17.9 Å². The Morgan fingerprint density at radius 2 is 2.00 bits per heavy atom. The molecule has 1 aromatic heterocycles. The number of nitrogens with one attached hydrogen (secondary N) is 1. The maximum absolute atomic E-state index is 13.4. The number of benzene rings is 1. The summed E-state index contributed by atoms with van der Waals surface area (Å²) >= 11 is 1.40. The minimum absolute atomic E-state index is 0.00216. The molecule has 2 aromatic rings. The average molecular weight is 446 g/mol. The molecule has 6 nitrogen and oxygen atoms in total. The van der Waals surface area contributed by atoms with Crippen LogP contribution in [-0.2, 0) is 9.36 Å². The Morgan fingerprint density at radius 1 is 1.33 bits per heavy atom. The van der Waals surface area contributed by atoms with E-state index >= 15 is 0 Å². The predicted octanol–water partition coefficient (Wildman–Crippen LogP) is 4.64. The number of carbonyl (C=O) groups excluding carboxylic acids is 2. The maximum Gasteiger partial charge on any atom is 0.255 e. The van der Waals surface area contributed by atoms with Crippen LogP contribution in [0.25, 0.3) is 10.4 Å². The van der Waals surface area contributed by atoms with Crippen molar-refractivity contribution in [1.29, 1.82) is 0 Å². The standard InChI is InChI=1S/C22H28N3O3PS/c1-11-20(30-22(23-11)24-14(4)26)16-9-17-13(3)25(12(2)15-7-8-15)21(27)19(17)18(10-16)29(5,6)28/h9-10,12-13,15H,7-8H2,1-6H3,(H,23,24,26)/t12-,13-/m0/s1. The number of hydrogen-bond donors (Lipinski definition) is 1. The number of anilines is 1. The van der Waals surface area contributed by atoms with Crippen molar-refractivity contribution in [2.45, 2.75) is 52.6 Å². The number of fused-ring (bicyclic) bond motifs is 1. The molecule has 1 saturated carbocycles. The molecule has 0 unspecified atom stereocenters. The second-order valence-electron chi connectivity index (χ2n) is 8.89. The molecule has 2 aliphatic rings. The van der Waals surface area contributed by atoms with E-state index in [1.165, 1.54) is 18.3 Å². The first-order chi connectivity index (χ1) is 14.0. The van der Waals surface area contributed by atoms with Gasteiger partial charge in [-0.25, -0.2) is 4.98 Å². The van der Waals surface area contributed by atoms with E-state index < -0.39 is 7.14 Å². The van der Waals surface area contributed by atoms with Crippen LogP contribution in [0.3, 0.4) is 0 Å². The SMILES string of the molecule is CC(=O)Nc1nc(C)c(-c2cc3c(c(P(C)(C)=O)c2)C(=O)N([C@@H](C)C2CC2)[C@H]3C)s1. The Balaban J connectivity index is 1.86. The molecule has 0 spiro atoms. The van der Waals surface area contributed by atoms with Crippen molar-refractivity contribution in [3.63, 3.8) is 0 Å². The topological polar surface area (TPSA) is 79.4 Å². The van der Waals surface area contributed by atoms with Gasteiger partial charge in [-0.15, -0.1) is 0 Å². The summed E-state index contributed by atoms with van der Waals surface area (Å²) in [6, 6.07) is 4.07. The number of carbonyl (C=O) groups is 2. The first-order valence-corrected chi connectivity index (χ1v) is 13.7. The van der Waals surface area contributed by atoms with Crippen LogP contribution in [0.4, 0.5) is 5.13 Å². The zero-order chi connectivity index (χ0) is 22.0. The fraction of sp³-hybridized carbons (Fsp3) is 0.500. The Labute approximate surface area is 181 Å². The van der Waals surface area contributed by atoms with Gasteiger partial charge in [-0.3, -0.25) is 9.59 Å². The van der Waals surface area contributed by atoms with E-state index in [0.717, 1.165) is 34.5 Å². The van der Waals surface area contributed by atoms with Crippen LogP contribution >= 0.6 is 18.5 Å². The number of nitrogens with zero attached hydrogens (tertiary/aromatic N) is 2. The van der Waals surface area contributed by atoms with Gasteiger partial charge in [-0.2, -0.15) is 0 Å². The molecule has 1 aliphatic heterocycles. The van der Waals surface area contributed by atoms with Crippen molar-refractivity contribution in [1.82, 2.24) is 9.88 Å². The van der Waals surface area contributed by atoms with Gasteiger partial charge in [0.15, 0.2) is 5.13 Å². The summed E-state index contributed by atoms with van der Waals surface area (Å²) in [5.41, 5.74) is 3.27. The quantitative estimate of drug-likeness (QED) is 0.680. The number of aromatic nitrogens is 1. The third-order valence-corrected chi connectivity index (χ3v) is 8.76. The van der Waals surface area contributed by atoms with E-state index in [4.69, 9.17) is 0 Å². The van der Waals surface area contributed by atoms with E-state index in [9.17, 15) is 14.2 Å². The van der Waals surface area contributed by atoms with Gasteiger partial charge in [0.2, 0.25) is 5.91 Å². The fourth-order valence-electron chi connectivity index (χ4n) is 4.43. The Morgan fingerprint density at radius 3 is 2.57 bits per heavy atom. The molecule has 2 amide bonds. The molecule has 4 rings (SSSR count). The summed E-state index contributed by atoms with van der Waals surface area (Å²) in [6.07, 6.45) is 2.33. The second kappa shape index (κ2) is 7.31. The summed E-state index contributed by atoms with van der Waals surface area (Å²) in [4.78, 5) is 32.2. The summed E-state index contributed by atoms with van der Waals surface area (Å²) < 4.78 is 13.2. The number of thiazole rings is 1. The number of amides is 2. The smallest absolute Gasteiger partial charge is 0.255 e. The lowest BCUT2D eigenvalue weighted by atomic mass is 10.0. The minimum Gasteiger partial charge on any atom is -0.329 e. The summed E-state index contributed by atoms with van der Waals surface area (Å²) in [5, 5.41) is 3.93. The normalized spacial score (nSPS) is 19.7. The lowest BCUT2D eigenvalue weighted by Gasteiger charge is -2.29. The average Bonchev–Trinajstić information content (AvgIpc) is 3.38. The van der Waals surface area contributed by atoms with Crippen LogP contribution in [0.15, 0.2) is 12.1 Å². The largest absolute Gasteiger partial charge is 0.329 e. The highest BCUT2D eigenvalue weighted by Crippen LogP contribution is 2.47. The zero-order valence-corrected chi connectivity index (χ0v) is 20.0. The van der Waals surface area contributed by atoms with Gasteiger partial charge in [-0.1, -0.05) is 11.3 Å². The Hall–Kier alpha value is -1.98. The van der Waals surface area contributed by atoms with Crippen molar-refractivity contribution in [3.8, 4) is 10.4 Å². The van der Waals surface area contributed by atoms with E-state index in [1.54, 1.807) is 13.3 Å². The van der Waals surface area contributed by atoms with Crippen LogP contribution in [0, 0.1) is 12.8 Å². The van der Waals surface area contributed by atoms with Crippen LogP contribution in [0.1, 0.15) is 61.3 Å². The molecule has 1 aromatic carbocycles. The van der Waals surface area contributed by atoms with Crippen molar-refractivity contribution < 1.29 is 14.2 Å². The van der Waals surface area contributed by atoms with E-state index in [2.05, 4.69) is 30.2 Å². The molecular formula is C22H28N3O3PS. The van der Waals surface area contributed by atoms with Gasteiger partial charge in [0.1, 0.15) is 7.14 Å². The van der Waals surface area contributed by atoms with Crippen LogP contribution < -0.4 is 10.6 Å². The minimum atomic E-state index is -2.70. The van der Waals surface area contributed by atoms with Gasteiger partial charge < -0.3 is 14.8 Å². The summed E-state index contributed by atoms with van der Waals surface area (Å²) in [7, 11) is -2.70. The molecule has 160 valence electrons. The number of rotatable bonds is 5. The highest BCUT2D eigenvalue weighted by atomic mass is 32.1. The summed E-state index contributed by atoms with van der Waals surface area (Å²) in [5.74, 6) is 0.399. The van der Waals surface area contributed by atoms with Gasteiger partial charge in [-0.05, 0) is 76.1 Å². The van der Waals surface area contributed by atoms with Crippen molar-refractivity contribution in [2.75, 3.05) is 18.6 Å². The molecule has 1 N–H and O–H groups in total. The van der Waals surface area contributed by atoms with Crippen LogP contribution in [0.5, 0.6) is 0 Å². The predicted molar refractivity (Wildman–Crippen MR) is 122 cm³/mol. The number of aryl methyl sites for hydroxylation is 1. The van der Waals surface area contributed by atoms with Gasteiger partial charge in [0, 0.05) is 18.3 Å². The zero-order valence-electron chi connectivity index (χ0n) is 18.3. The molecule has 8 heteroatoms. The third-order valence-electron chi connectivity index (χ3n) is 6.13. The molecule has 0 radical (unpaired) electrons. The number of hydrogen-bond acceptors (Lipinski definition) is 5. The van der Waals surface area contributed by atoms with Gasteiger partial charge in [0.25, 0.3) is 5.91 Å². The molecule has 2 heterocycles. The van der Waals surface area contributed by atoms with Gasteiger partial charge >= 0.3 is 0 Å². The summed E-state index contributed by atoms with van der Waals surface area (Å²) in [6.45, 7) is 11.0. The van der Waals surface area contributed by atoms with Crippen molar-refractivity contribution in [2.24, 2.45) is 5.92 Å². The lowest BCUT2D eigenvalue weighted by molar-refractivity contribution is -0.114. The monoisotopic (exact) mass is 445 g/mol. The van der Waals surface area contributed by atoms with Crippen LogP contribution in [0.2, 0.25) is 0 Å². The lowest BCUT2D eigenvalue weighted by Crippen LogP contribution is -2.37. The molecule has 0 saturated heterocycles. The third kappa shape index (κ3) is 3.63. The second-order valence-corrected chi connectivity index (χ2v) is 13.1. The van der Waals surface area contributed by atoms with E-state index in [-0.39, 0.29) is 23.9 Å². The van der Waals surface area contributed by atoms with Crippen LogP contribution in [-0.4, -0.2) is 41.1 Å². The fourth-order valence-corrected chi connectivity index (χ4v) is 6.65. The van der Waals surface area contributed by atoms with Crippen molar-refractivity contribution >= 4 is 40.7 Å². The Bertz CT molecular complexity index is 1100. The highest BCUT2D eigenvalue weighted by Gasteiger charge is 2.44.